The smallest absolute Gasteiger partial charge is 0.0501 e. The molecule has 33 heavy (non-hydrogen) atoms. The summed E-state index contributed by atoms with van der Waals surface area (Å²) in [6.07, 6.45) is 5.25. The van der Waals surface area contributed by atoms with Crippen molar-refractivity contribution in [3.63, 3.8) is 0 Å². The Bertz CT molecular complexity index is 983. The Hall–Kier alpha value is -2.45. The molecule has 0 spiro atoms. The van der Waals surface area contributed by atoms with Gasteiger partial charge in [0.15, 0.2) is 0 Å². The second-order valence-electron chi connectivity index (χ2n) is 9.42. The van der Waals surface area contributed by atoms with Crippen molar-refractivity contribution in [2.45, 2.75) is 52.5 Å². The lowest BCUT2D eigenvalue weighted by Gasteiger charge is -2.36. The zero-order chi connectivity index (χ0) is 24.0. The quantitative estimate of drug-likeness (QED) is 0.351. The fourth-order valence-electron chi connectivity index (χ4n) is 4.72. The van der Waals surface area contributed by atoms with Crippen molar-refractivity contribution in [2.24, 2.45) is 5.92 Å². The van der Waals surface area contributed by atoms with Crippen LogP contribution in [-0.2, 0) is 6.54 Å². The van der Waals surface area contributed by atoms with Crippen molar-refractivity contribution in [3.8, 4) is 0 Å². The van der Waals surface area contributed by atoms with Gasteiger partial charge in [-0.25, -0.2) is 0 Å². The van der Waals surface area contributed by atoms with Gasteiger partial charge in [0.2, 0.25) is 0 Å². The summed E-state index contributed by atoms with van der Waals surface area (Å²) in [6, 6.07) is 15.0. The van der Waals surface area contributed by atoms with E-state index in [4.69, 9.17) is 11.6 Å². The number of hydrogen-bond acceptors (Lipinski definition) is 2. The fourth-order valence-corrected chi connectivity index (χ4v) is 5.02. The molecule has 3 heteroatoms. The summed E-state index contributed by atoms with van der Waals surface area (Å²) in [5, 5.41) is 0.796. The average molecular weight is 463 g/mol. The maximum atomic E-state index is 6.84. The van der Waals surface area contributed by atoms with Crippen molar-refractivity contribution in [2.75, 3.05) is 19.6 Å². The molecule has 0 N–H and O–H groups in total. The Morgan fingerprint density at radius 1 is 1.15 bits per heavy atom. The van der Waals surface area contributed by atoms with E-state index in [0.29, 0.717) is 11.8 Å². The summed E-state index contributed by atoms with van der Waals surface area (Å²) in [5.74, 6) is 1.05. The number of nitrogens with zero attached hydrogens (tertiary/aromatic N) is 2. The Labute approximate surface area is 206 Å². The van der Waals surface area contributed by atoms with Crippen LogP contribution in [0, 0.1) is 5.92 Å². The molecule has 176 valence electrons. The van der Waals surface area contributed by atoms with Crippen LogP contribution in [0.4, 0.5) is 0 Å². The standard InChI is InChI=1S/C30H39ClN2/c1-7-17-33(21-28-12-10-9-11-25(28)8-2)24(6)29-14-13-27(20-30(29)31)26-15-18-32(19-16-26)23(5)22(3)4/h8-14,20,22,26H,2,5-7,15-19,21H2,1,3-4H3. The zero-order valence-electron chi connectivity index (χ0n) is 20.6. The van der Waals surface area contributed by atoms with Gasteiger partial charge in [-0.15, -0.1) is 0 Å². The van der Waals surface area contributed by atoms with Crippen LogP contribution >= 0.6 is 11.6 Å². The lowest BCUT2D eigenvalue weighted by molar-refractivity contribution is 0.245. The predicted molar refractivity (Wildman–Crippen MR) is 145 cm³/mol. The topological polar surface area (TPSA) is 6.48 Å². The van der Waals surface area contributed by atoms with Crippen LogP contribution in [0.5, 0.6) is 0 Å². The maximum absolute atomic E-state index is 6.84. The first-order valence-electron chi connectivity index (χ1n) is 12.2. The number of piperidine rings is 1. The van der Waals surface area contributed by atoms with Gasteiger partial charge >= 0.3 is 0 Å². The zero-order valence-corrected chi connectivity index (χ0v) is 21.4. The first-order valence-corrected chi connectivity index (χ1v) is 12.6. The van der Waals surface area contributed by atoms with Crippen LogP contribution in [0.25, 0.3) is 11.8 Å². The summed E-state index contributed by atoms with van der Waals surface area (Å²) in [6.45, 7) is 23.2. The maximum Gasteiger partial charge on any atom is 0.0501 e. The molecule has 0 atom stereocenters. The first-order chi connectivity index (χ1) is 15.8. The van der Waals surface area contributed by atoms with Gasteiger partial charge < -0.3 is 9.80 Å². The molecule has 2 nitrogen and oxygen atoms in total. The van der Waals surface area contributed by atoms with Crippen LogP contribution in [-0.4, -0.2) is 29.4 Å². The second-order valence-corrected chi connectivity index (χ2v) is 9.83. The summed E-state index contributed by atoms with van der Waals surface area (Å²) in [7, 11) is 0. The molecule has 0 aromatic heterocycles. The molecule has 2 aromatic carbocycles. The predicted octanol–water partition coefficient (Wildman–Crippen LogP) is 8.22. The van der Waals surface area contributed by atoms with Crippen molar-refractivity contribution in [3.05, 3.63) is 95.2 Å². The van der Waals surface area contributed by atoms with E-state index in [1.165, 1.54) is 22.4 Å². The monoisotopic (exact) mass is 462 g/mol. The third-order valence-electron chi connectivity index (χ3n) is 6.85. The van der Waals surface area contributed by atoms with Crippen molar-refractivity contribution in [1.82, 2.24) is 9.80 Å². The van der Waals surface area contributed by atoms with Crippen LogP contribution in [0.1, 0.15) is 68.2 Å². The number of hydrogen-bond donors (Lipinski definition) is 0. The Morgan fingerprint density at radius 3 is 2.45 bits per heavy atom. The summed E-state index contributed by atoms with van der Waals surface area (Å²) in [5.41, 5.74) is 7.02. The fraction of sp³-hybridized carbons (Fsp3) is 0.400. The molecule has 0 saturated carbocycles. The van der Waals surface area contributed by atoms with Crippen LogP contribution in [0.3, 0.4) is 0 Å². The molecule has 0 aliphatic carbocycles. The number of rotatable bonds is 10. The van der Waals surface area contributed by atoms with E-state index in [1.54, 1.807) is 0 Å². The highest BCUT2D eigenvalue weighted by Crippen LogP contribution is 2.35. The van der Waals surface area contributed by atoms with Crippen LogP contribution < -0.4 is 0 Å². The molecule has 0 bridgehead atoms. The number of allylic oxidation sites excluding steroid dienone is 1. The van der Waals surface area contributed by atoms with E-state index in [2.05, 4.69) is 92.8 Å². The lowest BCUT2D eigenvalue weighted by Crippen LogP contribution is -2.33. The van der Waals surface area contributed by atoms with E-state index >= 15 is 0 Å². The molecular formula is C30H39ClN2. The molecule has 1 aliphatic heterocycles. The largest absolute Gasteiger partial charge is 0.375 e. The number of benzene rings is 2. The SMILES string of the molecule is C=Cc1ccccc1CN(CCC)C(=C)c1ccc(C2CCN(C(=C)C(C)C)CC2)cc1Cl. The van der Waals surface area contributed by atoms with Crippen molar-refractivity contribution >= 4 is 23.4 Å². The van der Waals surface area contributed by atoms with Gasteiger partial charge in [0, 0.05) is 43.1 Å². The highest BCUT2D eigenvalue weighted by Gasteiger charge is 2.23. The molecule has 1 fully saturated rings. The minimum atomic E-state index is 0.505. The van der Waals surface area contributed by atoms with E-state index in [9.17, 15) is 0 Å². The summed E-state index contributed by atoms with van der Waals surface area (Å²) < 4.78 is 0. The van der Waals surface area contributed by atoms with Gasteiger partial charge in [-0.05, 0) is 53.9 Å². The molecule has 2 aromatic rings. The Kier molecular flexibility index (Phi) is 8.86. The van der Waals surface area contributed by atoms with E-state index in [0.717, 1.165) is 61.7 Å². The summed E-state index contributed by atoms with van der Waals surface area (Å²) >= 11 is 6.84. The summed E-state index contributed by atoms with van der Waals surface area (Å²) in [4.78, 5) is 4.78. The normalized spacial score (nSPS) is 14.4. The minimum Gasteiger partial charge on any atom is -0.375 e. The first kappa shape index (κ1) is 25.2. The van der Waals surface area contributed by atoms with E-state index < -0.39 is 0 Å². The highest BCUT2D eigenvalue weighted by atomic mass is 35.5. The van der Waals surface area contributed by atoms with E-state index in [-0.39, 0.29) is 0 Å². The Balaban J connectivity index is 1.73. The minimum absolute atomic E-state index is 0.505. The number of halogens is 1. The van der Waals surface area contributed by atoms with Gasteiger partial charge in [0.05, 0.1) is 5.02 Å². The molecule has 0 amide bonds. The van der Waals surface area contributed by atoms with Crippen molar-refractivity contribution < 1.29 is 0 Å². The molecule has 1 aliphatic rings. The van der Waals surface area contributed by atoms with E-state index in [1.807, 2.05) is 6.08 Å². The lowest BCUT2D eigenvalue weighted by atomic mass is 9.88. The molecule has 1 heterocycles. The Morgan fingerprint density at radius 2 is 1.85 bits per heavy atom. The average Bonchev–Trinajstić information content (AvgIpc) is 2.83. The van der Waals surface area contributed by atoms with Gasteiger partial charge in [-0.1, -0.05) is 94.6 Å². The van der Waals surface area contributed by atoms with Gasteiger partial charge in [0.1, 0.15) is 0 Å². The second kappa shape index (κ2) is 11.6. The molecule has 0 radical (unpaired) electrons. The van der Waals surface area contributed by atoms with Gasteiger partial charge in [-0.2, -0.15) is 0 Å². The third-order valence-corrected chi connectivity index (χ3v) is 7.17. The van der Waals surface area contributed by atoms with Gasteiger partial charge in [0.25, 0.3) is 0 Å². The van der Waals surface area contributed by atoms with Crippen molar-refractivity contribution in [1.29, 1.82) is 0 Å². The molecule has 0 unspecified atom stereocenters. The highest BCUT2D eigenvalue weighted by molar-refractivity contribution is 6.32. The van der Waals surface area contributed by atoms with Crippen LogP contribution in [0.2, 0.25) is 5.02 Å². The molecule has 1 saturated heterocycles. The molecule has 3 rings (SSSR count). The van der Waals surface area contributed by atoms with Crippen LogP contribution in [0.15, 0.2) is 67.9 Å². The third kappa shape index (κ3) is 6.12. The number of likely N-dealkylation sites (tertiary alicyclic amines) is 1. The molecular weight excluding hydrogens is 424 g/mol. The van der Waals surface area contributed by atoms with Gasteiger partial charge in [-0.3, -0.25) is 0 Å².